The van der Waals surface area contributed by atoms with Gasteiger partial charge in [0.1, 0.15) is 17.2 Å². The second kappa shape index (κ2) is 5.82. The molecule has 0 spiro atoms. The van der Waals surface area contributed by atoms with Gasteiger partial charge in [-0.15, -0.1) is 0 Å². The molecule has 1 saturated heterocycles. The summed E-state index contributed by atoms with van der Waals surface area (Å²) in [5, 5.41) is 0. The molecule has 1 atom stereocenters. The number of hydrogen-bond donors (Lipinski definition) is 1. The lowest BCUT2D eigenvalue weighted by molar-refractivity contribution is -0.126. The van der Waals surface area contributed by atoms with Crippen molar-refractivity contribution in [2.24, 2.45) is 0 Å². The maximum atomic E-state index is 12.3. The SMILES string of the molecule is CC#CC(=O)N1CCCC1c1nc(C(C)(C)C)c2c(N)nccn12. The van der Waals surface area contributed by atoms with E-state index in [-0.39, 0.29) is 17.4 Å². The van der Waals surface area contributed by atoms with Crippen LogP contribution in [0.5, 0.6) is 0 Å². The third kappa shape index (κ3) is 2.60. The topological polar surface area (TPSA) is 76.5 Å². The molecule has 126 valence electrons. The van der Waals surface area contributed by atoms with Crippen LogP contribution in [0.15, 0.2) is 12.4 Å². The Morgan fingerprint density at radius 3 is 2.83 bits per heavy atom. The van der Waals surface area contributed by atoms with E-state index >= 15 is 0 Å². The number of rotatable bonds is 1. The summed E-state index contributed by atoms with van der Waals surface area (Å²) < 4.78 is 1.98. The summed E-state index contributed by atoms with van der Waals surface area (Å²) >= 11 is 0. The fourth-order valence-electron chi connectivity index (χ4n) is 3.30. The summed E-state index contributed by atoms with van der Waals surface area (Å²) in [6.07, 6.45) is 5.37. The van der Waals surface area contributed by atoms with E-state index in [2.05, 4.69) is 37.6 Å². The van der Waals surface area contributed by atoms with Gasteiger partial charge in [0.2, 0.25) is 0 Å². The average molecular weight is 325 g/mol. The van der Waals surface area contributed by atoms with E-state index in [0.717, 1.165) is 29.9 Å². The number of amides is 1. The van der Waals surface area contributed by atoms with Crippen LogP contribution in [0.4, 0.5) is 5.82 Å². The molecule has 1 unspecified atom stereocenters. The molecular formula is C18H23N5O. The van der Waals surface area contributed by atoms with Gasteiger partial charge in [0.25, 0.3) is 5.91 Å². The number of carbonyl (C=O) groups excluding carboxylic acids is 1. The maximum Gasteiger partial charge on any atom is 0.299 e. The number of anilines is 1. The number of nitrogen functional groups attached to an aromatic ring is 1. The van der Waals surface area contributed by atoms with Crippen LogP contribution in [0, 0.1) is 11.8 Å². The number of nitrogens with zero attached hydrogens (tertiary/aromatic N) is 4. The molecule has 1 fully saturated rings. The molecule has 3 heterocycles. The predicted octanol–water partition coefficient (Wildman–Crippen LogP) is 2.30. The molecule has 2 aromatic rings. The highest BCUT2D eigenvalue weighted by molar-refractivity contribution is 5.93. The van der Waals surface area contributed by atoms with Crippen molar-refractivity contribution < 1.29 is 4.79 Å². The van der Waals surface area contributed by atoms with Gasteiger partial charge in [0, 0.05) is 24.4 Å². The molecular weight excluding hydrogens is 302 g/mol. The quantitative estimate of drug-likeness (QED) is 0.816. The third-order valence-corrected chi connectivity index (χ3v) is 4.36. The van der Waals surface area contributed by atoms with Gasteiger partial charge in [-0.1, -0.05) is 26.7 Å². The van der Waals surface area contributed by atoms with Gasteiger partial charge in [-0.3, -0.25) is 9.20 Å². The van der Waals surface area contributed by atoms with Gasteiger partial charge in [-0.05, 0) is 25.7 Å². The van der Waals surface area contributed by atoms with Gasteiger partial charge in [0.15, 0.2) is 0 Å². The van der Waals surface area contributed by atoms with Crippen molar-refractivity contribution in [2.45, 2.75) is 52.0 Å². The standard InChI is InChI=1S/C18H23N5O/c1-5-7-13(24)22-10-6-8-12(22)17-21-15(18(2,3)4)14-16(19)20-9-11-23(14)17/h9,11-12H,6,8,10H2,1-4H3,(H2,19,20). The van der Waals surface area contributed by atoms with E-state index in [4.69, 9.17) is 10.7 Å². The summed E-state index contributed by atoms with van der Waals surface area (Å²) in [6.45, 7) is 8.69. The molecule has 2 aromatic heterocycles. The minimum absolute atomic E-state index is 0.0799. The average Bonchev–Trinajstić information content (AvgIpc) is 3.11. The van der Waals surface area contributed by atoms with Gasteiger partial charge < -0.3 is 10.6 Å². The molecule has 1 amide bonds. The van der Waals surface area contributed by atoms with Gasteiger partial charge in [-0.2, -0.15) is 0 Å². The monoisotopic (exact) mass is 325 g/mol. The van der Waals surface area contributed by atoms with Crippen molar-refractivity contribution in [3.8, 4) is 11.8 Å². The first-order valence-electron chi connectivity index (χ1n) is 8.21. The van der Waals surface area contributed by atoms with E-state index in [0.29, 0.717) is 12.4 Å². The van der Waals surface area contributed by atoms with Crippen LogP contribution in [-0.4, -0.2) is 31.7 Å². The number of imidazole rings is 1. The van der Waals surface area contributed by atoms with Crippen molar-refractivity contribution in [2.75, 3.05) is 12.3 Å². The number of nitrogens with two attached hydrogens (primary N) is 1. The first-order valence-corrected chi connectivity index (χ1v) is 8.21. The summed E-state index contributed by atoms with van der Waals surface area (Å²) in [4.78, 5) is 23.2. The molecule has 0 aromatic carbocycles. The summed E-state index contributed by atoms with van der Waals surface area (Å²) in [6, 6.07) is -0.0799. The number of carbonyl (C=O) groups is 1. The van der Waals surface area contributed by atoms with Crippen molar-refractivity contribution in [1.82, 2.24) is 19.3 Å². The number of aromatic nitrogens is 3. The zero-order valence-electron chi connectivity index (χ0n) is 14.6. The minimum Gasteiger partial charge on any atom is -0.382 e. The number of hydrogen-bond acceptors (Lipinski definition) is 4. The zero-order valence-corrected chi connectivity index (χ0v) is 14.6. The normalized spacial score (nSPS) is 17.8. The van der Waals surface area contributed by atoms with Crippen molar-refractivity contribution >= 4 is 17.2 Å². The smallest absolute Gasteiger partial charge is 0.299 e. The molecule has 6 nitrogen and oxygen atoms in total. The summed E-state index contributed by atoms with van der Waals surface area (Å²) in [5.41, 5.74) is 7.70. The highest BCUT2D eigenvalue weighted by Crippen LogP contribution is 2.36. The Hall–Kier alpha value is -2.55. The Labute approximate surface area is 142 Å². The van der Waals surface area contributed by atoms with Crippen molar-refractivity contribution in [3.63, 3.8) is 0 Å². The van der Waals surface area contributed by atoms with Crippen LogP contribution in [0.1, 0.15) is 58.1 Å². The van der Waals surface area contributed by atoms with Crippen LogP contribution in [0.2, 0.25) is 0 Å². The summed E-state index contributed by atoms with van der Waals surface area (Å²) in [5.74, 6) is 6.50. The van der Waals surface area contributed by atoms with E-state index < -0.39 is 0 Å². The minimum atomic E-state index is -0.169. The molecule has 1 aliphatic rings. The largest absolute Gasteiger partial charge is 0.382 e. The molecule has 24 heavy (non-hydrogen) atoms. The van der Waals surface area contributed by atoms with Gasteiger partial charge in [-0.25, -0.2) is 9.97 Å². The highest BCUT2D eigenvalue weighted by atomic mass is 16.2. The Kier molecular flexibility index (Phi) is 3.96. The van der Waals surface area contributed by atoms with Crippen LogP contribution in [0.3, 0.4) is 0 Å². The van der Waals surface area contributed by atoms with E-state index in [1.54, 1.807) is 13.1 Å². The highest BCUT2D eigenvalue weighted by Gasteiger charge is 2.35. The van der Waals surface area contributed by atoms with Crippen LogP contribution in [0.25, 0.3) is 5.52 Å². The van der Waals surface area contributed by atoms with E-state index in [9.17, 15) is 4.79 Å². The van der Waals surface area contributed by atoms with E-state index in [1.807, 2.05) is 15.5 Å². The van der Waals surface area contributed by atoms with Crippen LogP contribution < -0.4 is 5.73 Å². The van der Waals surface area contributed by atoms with Crippen molar-refractivity contribution in [3.05, 3.63) is 23.9 Å². The number of fused-ring (bicyclic) bond motifs is 1. The Morgan fingerprint density at radius 1 is 1.42 bits per heavy atom. The predicted molar refractivity (Wildman–Crippen MR) is 93.2 cm³/mol. The lowest BCUT2D eigenvalue weighted by atomic mass is 9.91. The molecule has 3 rings (SSSR count). The lowest BCUT2D eigenvalue weighted by Crippen LogP contribution is -2.30. The van der Waals surface area contributed by atoms with Crippen LogP contribution in [-0.2, 0) is 10.2 Å². The molecule has 1 aliphatic heterocycles. The lowest BCUT2D eigenvalue weighted by Gasteiger charge is -2.21. The van der Waals surface area contributed by atoms with Gasteiger partial charge >= 0.3 is 0 Å². The zero-order chi connectivity index (χ0) is 17.5. The Balaban J connectivity index is 2.18. The second-order valence-electron chi connectivity index (χ2n) is 7.13. The number of likely N-dealkylation sites (tertiary alicyclic amines) is 1. The molecule has 0 radical (unpaired) electrons. The first-order chi connectivity index (χ1) is 11.3. The third-order valence-electron chi connectivity index (χ3n) is 4.36. The van der Waals surface area contributed by atoms with Crippen molar-refractivity contribution in [1.29, 1.82) is 0 Å². The fourth-order valence-corrected chi connectivity index (χ4v) is 3.30. The van der Waals surface area contributed by atoms with E-state index in [1.165, 1.54) is 0 Å². The Morgan fingerprint density at radius 2 is 2.17 bits per heavy atom. The second-order valence-corrected chi connectivity index (χ2v) is 7.13. The Bertz CT molecular complexity index is 850. The molecule has 0 saturated carbocycles. The summed E-state index contributed by atoms with van der Waals surface area (Å²) in [7, 11) is 0. The molecule has 6 heteroatoms. The first kappa shape index (κ1) is 16.3. The molecule has 0 bridgehead atoms. The molecule has 0 aliphatic carbocycles. The van der Waals surface area contributed by atoms with Gasteiger partial charge in [0.05, 0.1) is 11.7 Å². The maximum absolute atomic E-state index is 12.3. The molecule has 2 N–H and O–H groups in total. The fraction of sp³-hybridized carbons (Fsp3) is 0.500. The van der Waals surface area contributed by atoms with Crippen LogP contribution >= 0.6 is 0 Å².